The lowest BCUT2D eigenvalue weighted by Crippen LogP contribution is -2.46. The molecule has 3 aromatic rings. The molecule has 0 saturated carbocycles. The summed E-state index contributed by atoms with van der Waals surface area (Å²) in [6.45, 7) is 0.908. The summed E-state index contributed by atoms with van der Waals surface area (Å²) < 4.78 is 11.1. The van der Waals surface area contributed by atoms with Crippen LogP contribution in [-0.4, -0.2) is 55.2 Å². The van der Waals surface area contributed by atoms with Crippen LogP contribution in [0.1, 0.15) is 28.3 Å². The molecule has 35 heavy (non-hydrogen) atoms. The number of hydrogen-bond acceptors (Lipinski definition) is 5. The van der Waals surface area contributed by atoms with Gasteiger partial charge in [0.1, 0.15) is 6.04 Å². The third-order valence-corrected chi connectivity index (χ3v) is 6.80. The largest absolute Gasteiger partial charge is 0.493 e. The number of amides is 3. The Labute approximate surface area is 205 Å². The van der Waals surface area contributed by atoms with E-state index >= 15 is 0 Å². The molecule has 3 amide bonds. The molecule has 2 aliphatic heterocycles. The maximum Gasteiger partial charge on any atom is 0.325 e. The van der Waals surface area contributed by atoms with Gasteiger partial charge in [0, 0.05) is 13.0 Å². The fraction of sp³-hybridized carbons (Fsp3) is 0.286. The standard InChI is InChI=1S/C28H29N3O4/c1-34-24-16-21-13-14-30(26(20-11-7-4-8-12-20)22(21)17-25(24)35-2)18-31-27(32)23(29-28(31)33)15-19-9-5-3-6-10-19/h3-12,16-17,23,26H,13-15,18H2,1-2H3,(H,29,33)/t23-,26+/m1/s1. The van der Waals surface area contributed by atoms with Gasteiger partial charge in [-0.25, -0.2) is 9.69 Å². The van der Waals surface area contributed by atoms with Crippen LogP contribution in [0, 0.1) is 0 Å². The fourth-order valence-electron chi connectivity index (χ4n) is 5.06. The summed E-state index contributed by atoms with van der Waals surface area (Å²) >= 11 is 0. The molecule has 2 atom stereocenters. The first-order valence-corrected chi connectivity index (χ1v) is 11.8. The molecule has 0 spiro atoms. The van der Waals surface area contributed by atoms with Crippen molar-refractivity contribution in [3.05, 3.63) is 95.1 Å². The Hall–Kier alpha value is -3.84. The van der Waals surface area contributed by atoms with E-state index in [1.807, 2.05) is 60.7 Å². The Morgan fingerprint density at radius 2 is 1.57 bits per heavy atom. The molecule has 2 heterocycles. The molecule has 5 rings (SSSR count). The molecule has 1 saturated heterocycles. The van der Waals surface area contributed by atoms with Crippen molar-refractivity contribution in [1.29, 1.82) is 0 Å². The van der Waals surface area contributed by atoms with Crippen LogP contribution < -0.4 is 14.8 Å². The van der Waals surface area contributed by atoms with Crippen LogP contribution in [0.4, 0.5) is 4.79 Å². The minimum absolute atomic E-state index is 0.131. The summed E-state index contributed by atoms with van der Waals surface area (Å²) in [6.07, 6.45) is 1.25. The third kappa shape index (κ3) is 4.47. The van der Waals surface area contributed by atoms with Gasteiger partial charge in [0.25, 0.3) is 5.91 Å². The number of nitrogens with zero attached hydrogens (tertiary/aromatic N) is 2. The smallest absolute Gasteiger partial charge is 0.325 e. The highest BCUT2D eigenvalue weighted by Gasteiger charge is 2.41. The minimum Gasteiger partial charge on any atom is -0.493 e. The number of nitrogens with one attached hydrogen (secondary N) is 1. The maximum atomic E-state index is 13.2. The van der Waals surface area contributed by atoms with Gasteiger partial charge in [0.05, 0.1) is 26.9 Å². The zero-order chi connectivity index (χ0) is 24.4. The lowest BCUT2D eigenvalue weighted by Gasteiger charge is -2.39. The quantitative estimate of drug-likeness (QED) is 0.531. The fourth-order valence-corrected chi connectivity index (χ4v) is 5.06. The number of fused-ring (bicyclic) bond motifs is 1. The van der Waals surface area contributed by atoms with Crippen molar-refractivity contribution in [2.75, 3.05) is 27.4 Å². The average Bonchev–Trinajstić information content (AvgIpc) is 3.16. The van der Waals surface area contributed by atoms with Crippen LogP contribution in [0.2, 0.25) is 0 Å². The van der Waals surface area contributed by atoms with Crippen LogP contribution in [0.15, 0.2) is 72.8 Å². The summed E-state index contributed by atoms with van der Waals surface area (Å²) in [5, 5.41) is 2.87. The molecule has 0 unspecified atom stereocenters. The Morgan fingerprint density at radius 3 is 2.26 bits per heavy atom. The highest BCUT2D eigenvalue weighted by molar-refractivity contribution is 6.04. The molecule has 7 nitrogen and oxygen atoms in total. The molecular weight excluding hydrogens is 442 g/mol. The topological polar surface area (TPSA) is 71.1 Å². The average molecular weight is 472 g/mol. The number of imide groups is 1. The predicted molar refractivity (Wildman–Crippen MR) is 132 cm³/mol. The van der Waals surface area contributed by atoms with Gasteiger partial charge in [-0.1, -0.05) is 60.7 Å². The van der Waals surface area contributed by atoms with Crippen LogP contribution in [0.25, 0.3) is 0 Å². The number of urea groups is 1. The SMILES string of the molecule is COc1cc2c(cc1OC)[C@H](c1ccccc1)N(CN1C(=O)N[C@H](Cc3ccccc3)C1=O)CC2. The number of hydrogen-bond donors (Lipinski definition) is 1. The molecule has 3 aromatic carbocycles. The molecule has 0 aromatic heterocycles. The van der Waals surface area contributed by atoms with E-state index in [-0.39, 0.29) is 24.6 Å². The lowest BCUT2D eigenvalue weighted by atomic mass is 9.88. The Balaban J connectivity index is 1.44. The summed E-state index contributed by atoms with van der Waals surface area (Å²) in [7, 11) is 3.26. The summed E-state index contributed by atoms with van der Waals surface area (Å²) in [5.41, 5.74) is 4.37. The number of methoxy groups -OCH3 is 2. The molecule has 0 aliphatic carbocycles. The third-order valence-electron chi connectivity index (χ3n) is 6.80. The Morgan fingerprint density at radius 1 is 0.914 bits per heavy atom. The van der Waals surface area contributed by atoms with Gasteiger partial charge >= 0.3 is 6.03 Å². The van der Waals surface area contributed by atoms with E-state index in [1.54, 1.807) is 14.2 Å². The zero-order valence-electron chi connectivity index (χ0n) is 19.9. The van der Waals surface area contributed by atoms with Crippen LogP contribution in [0.3, 0.4) is 0 Å². The van der Waals surface area contributed by atoms with Crippen LogP contribution in [-0.2, 0) is 17.6 Å². The number of benzene rings is 3. The van der Waals surface area contributed by atoms with Crippen LogP contribution in [0.5, 0.6) is 11.5 Å². The number of ether oxygens (including phenoxy) is 2. The van der Waals surface area contributed by atoms with Crippen molar-refractivity contribution < 1.29 is 19.1 Å². The molecule has 0 bridgehead atoms. The van der Waals surface area contributed by atoms with Gasteiger partial charge < -0.3 is 14.8 Å². The van der Waals surface area contributed by atoms with Gasteiger partial charge in [-0.2, -0.15) is 0 Å². The second-order valence-corrected chi connectivity index (χ2v) is 8.88. The van der Waals surface area contributed by atoms with Gasteiger partial charge in [0.2, 0.25) is 0 Å². The molecular formula is C28H29N3O4. The van der Waals surface area contributed by atoms with E-state index in [4.69, 9.17) is 9.47 Å². The first-order valence-electron chi connectivity index (χ1n) is 11.8. The summed E-state index contributed by atoms with van der Waals surface area (Å²) in [4.78, 5) is 29.6. The second-order valence-electron chi connectivity index (χ2n) is 8.88. The maximum absolute atomic E-state index is 13.2. The Bertz CT molecular complexity index is 1220. The normalized spacial score (nSPS) is 19.9. The monoisotopic (exact) mass is 471 g/mol. The first-order chi connectivity index (χ1) is 17.1. The molecule has 2 aliphatic rings. The van der Waals surface area contributed by atoms with Gasteiger partial charge in [-0.05, 0) is 40.8 Å². The molecule has 1 fully saturated rings. The van der Waals surface area contributed by atoms with E-state index in [0.717, 1.165) is 23.1 Å². The van der Waals surface area contributed by atoms with Crippen molar-refractivity contribution in [2.24, 2.45) is 0 Å². The highest BCUT2D eigenvalue weighted by atomic mass is 16.5. The number of carbonyl (C=O) groups is 2. The van der Waals surface area contributed by atoms with Crippen molar-refractivity contribution in [3.8, 4) is 11.5 Å². The number of carbonyl (C=O) groups excluding carboxylic acids is 2. The predicted octanol–water partition coefficient (Wildman–Crippen LogP) is 3.77. The molecule has 1 N–H and O–H groups in total. The zero-order valence-corrected chi connectivity index (χ0v) is 19.9. The summed E-state index contributed by atoms with van der Waals surface area (Å²) in [6, 6.07) is 22.9. The molecule has 0 radical (unpaired) electrons. The highest BCUT2D eigenvalue weighted by Crippen LogP contribution is 2.41. The van der Waals surface area contributed by atoms with Gasteiger partial charge in [-0.3, -0.25) is 9.69 Å². The lowest BCUT2D eigenvalue weighted by molar-refractivity contribution is -0.129. The van der Waals surface area contributed by atoms with E-state index in [9.17, 15) is 9.59 Å². The second kappa shape index (κ2) is 9.80. The minimum atomic E-state index is -0.554. The molecule has 7 heteroatoms. The van der Waals surface area contributed by atoms with Crippen molar-refractivity contribution >= 4 is 11.9 Å². The summed E-state index contributed by atoms with van der Waals surface area (Å²) in [5.74, 6) is 1.17. The van der Waals surface area contributed by atoms with E-state index < -0.39 is 6.04 Å². The van der Waals surface area contributed by atoms with Crippen LogP contribution >= 0.6 is 0 Å². The Kier molecular flexibility index (Phi) is 6.42. The van der Waals surface area contributed by atoms with Crippen molar-refractivity contribution in [2.45, 2.75) is 24.9 Å². The van der Waals surface area contributed by atoms with Crippen molar-refractivity contribution in [1.82, 2.24) is 15.1 Å². The van der Waals surface area contributed by atoms with E-state index in [0.29, 0.717) is 24.5 Å². The van der Waals surface area contributed by atoms with E-state index in [1.165, 1.54) is 10.5 Å². The number of rotatable bonds is 7. The molecule has 180 valence electrons. The first kappa shape index (κ1) is 22.9. The van der Waals surface area contributed by atoms with Gasteiger partial charge in [-0.15, -0.1) is 0 Å². The van der Waals surface area contributed by atoms with Crippen molar-refractivity contribution in [3.63, 3.8) is 0 Å². The van der Waals surface area contributed by atoms with Gasteiger partial charge in [0.15, 0.2) is 11.5 Å². The van der Waals surface area contributed by atoms with E-state index in [2.05, 4.69) is 22.3 Å².